The Hall–Kier alpha value is -2.21. The standard InChI is InChI=1S/C21H23N3O2S/c25-18(5-6-19-22-16-3-1-2-4-17(16)27-19)23-24-20(26)21-10-13-7-14(11-21)9-15(8-13)12-21/h1-6,13-15H,7-12H2,(H,23,25)(H,24,26)/b6-5+. The van der Waals surface area contributed by atoms with Crippen LogP contribution in [-0.4, -0.2) is 16.8 Å². The van der Waals surface area contributed by atoms with E-state index in [4.69, 9.17) is 0 Å². The van der Waals surface area contributed by atoms with E-state index in [1.807, 2.05) is 24.3 Å². The summed E-state index contributed by atoms with van der Waals surface area (Å²) in [4.78, 5) is 29.4. The number of para-hydroxylation sites is 1. The topological polar surface area (TPSA) is 71.1 Å². The second kappa shape index (κ2) is 6.44. The van der Waals surface area contributed by atoms with Crippen molar-refractivity contribution in [3.63, 3.8) is 0 Å². The van der Waals surface area contributed by atoms with Gasteiger partial charge >= 0.3 is 0 Å². The van der Waals surface area contributed by atoms with Gasteiger partial charge in [0.2, 0.25) is 5.91 Å². The Morgan fingerprint density at radius 3 is 2.37 bits per heavy atom. The van der Waals surface area contributed by atoms with Crippen LogP contribution >= 0.6 is 11.3 Å². The predicted molar refractivity (Wildman–Crippen MR) is 106 cm³/mol. The Morgan fingerprint density at radius 2 is 1.70 bits per heavy atom. The van der Waals surface area contributed by atoms with Crippen LogP contribution in [0.25, 0.3) is 16.3 Å². The minimum absolute atomic E-state index is 0.00309. The van der Waals surface area contributed by atoms with Gasteiger partial charge in [-0.05, 0) is 74.5 Å². The van der Waals surface area contributed by atoms with Gasteiger partial charge < -0.3 is 0 Å². The molecule has 0 unspecified atom stereocenters. The molecule has 5 nitrogen and oxygen atoms in total. The van der Waals surface area contributed by atoms with Crippen molar-refractivity contribution in [2.75, 3.05) is 0 Å². The molecule has 1 aromatic heterocycles. The molecule has 2 aromatic rings. The number of fused-ring (bicyclic) bond motifs is 1. The molecule has 27 heavy (non-hydrogen) atoms. The lowest BCUT2D eigenvalue weighted by Crippen LogP contribution is -2.56. The van der Waals surface area contributed by atoms with Crippen molar-refractivity contribution in [3.05, 3.63) is 35.3 Å². The van der Waals surface area contributed by atoms with Crippen LogP contribution in [0.2, 0.25) is 0 Å². The van der Waals surface area contributed by atoms with Gasteiger partial charge in [-0.1, -0.05) is 12.1 Å². The summed E-state index contributed by atoms with van der Waals surface area (Å²) in [6, 6.07) is 7.88. The third-order valence-corrected chi connectivity index (χ3v) is 7.51. The van der Waals surface area contributed by atoms with Crippen molar-refractivity contribution in [2.24, 2.45) is 23.2 Å². The molecule has 0 aliphatic heterocycles. The number of thiazole rings is 1. The molecular formula is C21H23N3O2S. The highest BCUT2D eigenvalue weighted by Crippen LogP contribution is 2.60. The Bertz CT molecular complexity index is 864. The number of carbonyl (C=O) groups is 2. The monoisotopic (exact) mass is 381 g/mol. The molecule has 4 fully saturated rings. The van der Waals surface area contributed by atoms with Gasteiger partial charge in [0.05, 0.1) is 15.6 Å². The third kappa shape index (κ3) is 3.16. The van der Waals surface area contributed by atoms with Crippen LogP contribution in [-0.2, 0) is 9.59 Å². The first-order valence-corrected chi connectivity index (χ1v) is 10.6. The molecule has 4 aliphatic rings. The average Bonchev–Trinajstić information content (AvgIpc) is 3.06. The molecule has 140 valence electrons. The van der Waals surface area contributed by atoms with E-state index in [-0.39, 0.29) is 17.2 Å². The van der Waals surface area contributed by atoms with Crippen molar-refractivity contribution in [1.82, 2.24) is 15.8 Å². The zero-order valence-corrected chi connectivity index (χ0v) is 15.9. The summed E-state index contributed by atoms with van der Waals surface area (Å²) >= 11 is 1.54. The Labute approximate surface area is 162 Å². The molecular weight excluding hydrogens is 358 g/mol. The second-order valence-corrected chi connectivity index (χ2v) is 9.56. The van der Waals surface area contributed by atoms with E-state index in [0.717, 1.165) is 34.5 Å². The zero-order chi connectivity index (χ0) is 18.4. The molecule has 1 heterocycles. The highest BCUT2D eigenvalue weighted by Gasteiger charge is 2.54. The summed E-state index contributed by atoms with van der Waals surface area (Å²) in [5.41, 5.74) is 5.94. The molecule has 4 aliphatic carbocycles. The quantitative estimate of drug-likeness (QED) is 0.629. The third-order valence-electron chi connectivity index (χ3n) is 6.51. The number of aromatic nitrogens is 1. The minimum atomic E-state index is -0.327. The van der Waals surface area contributed by atoms with Crippen LogP contribution in [0.5, 0.6) is 0 Å². The Kier molecular flexibility index (Phi) is 4.04. The van der Waals surface area contributed by atoms with Crippen LogP contribution in [0, 0.1) is 23.2 Å². The summed E-state index contributed by atoms with van der Waals surface area (Å²) in [5, 5.41) is 0.777. The van der Waals surface area contributed by atoms with E-state index in [2.05, 4.69) is 15.8 Å². The molecule has 2 N–H and O–H groups in total. The number of hydrogen-bond acceptors (Lipinski definition) is 4. The maximum absolute atomic E-state index is 12.8. The summed E-state index contributed by atoms with van der Waals surface area (Å²) < 4.78 is 1.09. The fourth-order valence-electron chi connectivity index (χ4n) is 5.79. The largest absolute Gasteiger partial charge is 0.273 e. The van der Waals surface area contributed by atoms with Gasteiger partial charge in [-0.3, -0.25) is 20.4 Å². The number of nitrogens with one attached hydrogen (secondary N) is 2. The van der Waals surface area contributed by atoms with Gasteiger partial charge in [0.1, 0.15) is 5.01 Å². The van der Waals surface area contributed by atoms with E-state index in [9.17, 15) is 9.59 Å². The van der Waals surface area contributed by atoms with E-state index < -0.39 is 0 Å². The van der Waals surface area contributed by atoms with Crippen molar-refractivity contribution in [3.8, 4) is 0 Å². The number of hydrogen-bond donors (Lipinski definition) is 2. The summed E-state index contributed by atoms with van der Waals surface area (Å²) in [7, 11) is 0. The first-order valence-electron chi connectivity index (χ1n) is 9.74. The molecule has 0 atom stereocenters. The first-order chi connectivity index (χ1) is 13.1. The number of carbonyl (C=O) groups excluding carboxylic acids is 2. The molecule has 2 amide bonds. The second-order valence-electron chi connectivity index (χ2n) is 8.49. The lowest BCUT2D eigenvalue weighted by Gasteiger charge is -2.55. The Morgan fingerprint density at radius 1 is 1.04 bits per heavy atom. The Balaban J connectivity index is 1.20. The lowest BCUT2D eigenvalue weighted by atomic mass is 9.49. The number of amides is 2. The molecule has 6 heteroatoms. The zero-order valence-electron chi connectivity index (χ0n) is 15.1. The van der Waals surface area contributed by atoms with Crippen molar-refractivity contribution >= 4 is 39.4 Å². The minimum Gasteiger partial charge on any atom is -0.273 e. The van der Waals surface area contributed by atoms with Gasteiger partial charge in [0, 0.05) is 6.08 Å². The van der Waals surface area contributed by atoms with Gasteiger partial charge in [0.25, 0.3) is 5.91 Å². The highest BCUT2D eigenvalue weighted by atomic mass is 32.1. The number of hydrazine groups is 1. The van der Waals surface area contributed by atoms with E-state index in [1.54, 1.807) is 6.08 Å². The lowest BCUT2D eigenvalue weighted by molar-refractivity contribution is -0.148. The molecule has 0 saturated heterocycles. The number of nitrogens with zero attached hydrogens (tertiary/aromatic N) is 1. The van der Waals surface area contributed by atoms with Crippen LogP contribution in [0.1, 0.15) is 43.5 Å². The first kappa shape index (κ1) is 16.9. The van der Waals surface area contributed by atoms with Gasteiger partial charge in [-0.2, -0.15) is 0 Å². The fraction of sp³-hybridized carbons (Fsp3) is 0.476. The molecule has 4 saturated carbocycles. The summed E-state index contributed by atoms with van der Waals surface area (Å²) in [5.74, 6) is 1.79. The van der Waals surface area contributed by atoms with Gasteiger partial charge in [0.15, 0.2) is 0 Å². The number of benzene rings is 1. The number of rotatable bonds is 3. The summed E-state index contributed by atoms with van der Waals surface area (Å²) in [6.45, 7) is 0. The van der Waals surface area contributed by atoms with E-state index >= 15 is 0 Å². The molecule has 0 spiro atoms. The van der Waals surface area contributed by atoms with Crippen molar-refractivity contribution < 1.29 is 9.59 Å². The van der Waals surface area contributed by atoms with Crippen LogP contribution in [0.4, 0.5) is 0 Å². The predicted octanol–water partition coefficient (Wildman–Crippen LogP) is 3.67. The fourth-order valence-corrected chi connectivity index (χ4v) is 6.66. The highest BCUT2D eigenvalue weighted by molar-refractivity contribution is 7.19. The maximum Gasteiger partial charge on any atom is 0.262 e. The molecule has 1 aromatic carbocycles. The molecule has 6 rings (SSSR count). The normalized spacial score (nSPS) is 31.5. The summed E-state index contributed by atoms with van der Waals surface area (Å²) in [6.07, 6.45) is 9.97. The van der Waals surface area contributed by atoms with Gasteiger partial charge in [-0.15, -0.1) is 11.3 Å². The van der Waals surface area contributed by atoms with Crippen LogP contribution in [0.3, 0.4) is 0 Å². The maximum atomic E-state index is 12.8. The van der Waals surface area contributed by atoms with Crippen LogP contribution in [0.15, 0.2) is 30.3 Å². The van der Waals surface area contributed by atoms with Crippen molar-refractivity contribution in [2.45, 2.75) is 38.5 Å². The average molecular weight is 382 g/mol. The van der Waals surface area contributed by atoms with Crippen LogP contribution < -0.4 is 10.9 Å². The SMILES string of the molecule is O=C(/C=C/c1nc2ccccc2s1)NNC(=O)C12CC3CC(CC(C3)C1)C2. The smallest absolute Gasteiger partial charge is 0.262 e. The van der Waals surface area contributed by atoms with Gasteiger partial charge in [-0.25, -0.2) is 4.98 Å². The van der Waals surface area contributed by atoms with E-state index in [1.165, 1.54) is 36.7 Å². The molecule has 4 bridgehead atoms. The van der Waals surface area contributed by atoms with E-state index in [0.29, 0.717) is 17.8 Å². The van der Waals surface area contributed by atoms with Crippen molar-refractivity contribution in [1.29, 1.82) is 0 Å². The molecule has 0 radical (unpaired) electrons.